The van der Waals surface area contributed by atoms with Gasteiger partial charge in [-0.25, -0.2) is 0 Å². The van der Waals surface area contributed by atoms with Crippen LogP contribution < -0.4 is 5.32 Å². The van der Waals surface area contributed by atoms with Crippen molar-refractivity contribution in [2.75, 3.05) is 11.9 Å². The summed E-state index contributed by atoms with van der Waals surface area (Å²) in [5, 5.41) is 11.8. The lowest BCUT2D eigenvalue weighted by molar-refractivity contribution is -0.141. The van der Waals surface area contributed by atoms with Gasteiger partial charge in [0.2, 0.25) is 5.91 Å². The lowest BCUT2D eigenvalue weighted by Gasteiger charge is -2.22. The largest absolute Gasteiger partial charge is 0.481 e. The Hall–Kier alpha value is -1.88. The van der Waals surface area contributed by atoms with Crippen LogP contribution in [0.3, 0.4) is 0 Å². The normalized spacial score (nSPS) is 19.1. The van der Waals surface area contributed by atoms with Crippen molar-refractivity contribution in [2.24, 2.45) is 5.92 Å². The summed E-state index contributed by atoms with van der Waals surface area (Å²) in [7, 11) is 0. The lowest BCUT2D eigenvalue weighted by Crippen LogP contribution is -2.21. The molecule has 0 saturated carbocycles. The molecule has 0 aliphatic carbocycles. The fraction of sp³-hybridized carbons (Fsp3) is 0.556. The number of ether oxygens (including phenoxy) is 1. The van der Waals surface area contributed by atoms with E-state index in [1.165, 1.54) is 6.42 Å². The first kappa shape index (κ1) is 17.5. The number of carbonyl (C=O) groups is 2. The molecule has 1 saturated heterocycles. The number of nitrogens with one attached hydrogen (secondary N) is 1. The van der Waals surface area contributed by atoms with Gasteiger partial charge in [0.15, 0.2) is 0 Å². The van der Waals surface area contributed by atoms with Crippen molar-refractivity contribution in [3.63, 3.8) is 0 Å². The number of amides is 1. The summed E-state index contributed by atoms with van der Waals surface area (Å²) in [6.45, 7) is 2.49. The summed E-state index contributed by atoms with van der Waals surface area (Å²) in [6, 6.07) is 7.36. The Morgan fingerprint density at radius 1 is 1.30 bits per heavy atom. The second kappa shape index (κ2) is 8.67. The highest BCUT2D eigenvalue weighted by molar-refractivity contribution is 5.90. The monoisotopic (exact) mass is 319 g/mol. The second-order valence-electron chi connectivity index (χ2n) is 6.22. The Morgan fingerprint density at radius 3 is 2.65 bits per heavy atom. The highest BCUT2D eigenvalue weighted by Crippen LogP contribution is 2.18. The smallest absolute Gasteiger partial charge is 0.306 e. The Morgan fingerprint density at radius 2 is 2.04 bits per heavy atom. The molecule has 1 aromatic carbocycles. The average Bonchev–Trinajstić information content (AvgIpc) is 2.55. The summed E-state index contributed by atoms with van der Waals surface area (Å²) >= 11 is 0. The number of carboxylic acid groups (broad SMARTS) is 1. The average molecular weight is 319 g/mol. The van der Waals surface area contributed by atoms with Crippen LogP contribution in [0.1, 0.15) is 44.6 Å². The number of rotatable bonds is 7. The van der Waals surface area contributed by atoms with E-state index in [9.17, 15) is 9.59 Å². The molecule has 1 fully saturated rings. The SMILES string of the molecule is CC(Cc1ccc(NC(=O)CCC2CCCCO2)cc1)C(=O)O. The van der Waals surface area contributed by atoms with Crippen molar-refractivity contribution < 1.29 is 19.4 Å². The van der Waals surface area contributed by atoms with E-state index in [1.54, 1.807) is 6.92 Å². The lowest BCUT2D eigenvalue weighted by atomic mass is 10.0. The molecule has 1 amide bonds. The van der Waals surface area contributed by atoms with Crippen molar-refractivity contribution in [1.82, 2.24) is 0 Å². The molecular weight excluding hydrogens is 294 g/mol. The Labute approximate surface area is 137 Å². The minimum atomic E-state index is -0.799. The standard InChI is InChI=1S/C18H25NO4/c1-13(18(21)22)12-14-5-7-15(8-6-14)19-17(20)10-9-16-4-2-3-11-23-16/h5-8,13,16H,2-4,9-12H2,1H3,(H,19,20)(H,21,22). The molecule has 2 rings (SSSR count). The molecule has 2 N–H and O–H groups in total. The van der Waals surface area contributed by atoms with Crippen LogP contribution >= 0.6 is 0 Å². The number of anilines is 1. The van der Waals surface area contributed by atoms with Gasteiger partial charge in [-0.1, -0.05) is 19.1 Å². The maximum absolute atomic E-state index is 12.0. The molecule has 2 unspecified atom stereocenters. The van der Waals surface area contributed by atoms with Crippen LogP contribution in [0.2, 0.25) is 0 Å². The van der Waals surface area contributed by atoms with E-state index in [-0.39, 0.29) is 12.0 Å². The van der Waals surface area contributed by atoms with Crippen molar-refractivity contribution in [3.05, 3.63) is 29.8 Å². The highest BCUT2D eigenvalue weighted by atomic mass is 16.5. The van der Waals surface area contributed by atoms with Gasteiger partial charge in [-0.2, -0.15) is 0 Å². The summed E-state index contributed by atoms with van der Waals surface area (Å²) in [5.74, 6) is -1.22. The van der Waals surface area contributed by atoms with Crippen LogP contribution in [0, 0.1) is 5.92 Å². The quantitative estimate of drug-likeness (QED) is 0.809. The molecule has 1 heterocycles. The number of carboxylic acids is 1. The van der Waals surface area contributed by atoms with Crippen LogP contribution in [-0.4, -0.2) is 29.7 Å². The van der Waals surface area contributed by atoms with Crippen LogP contribution in [0.15, 0.2) is 24.3 Å². The summed E-state index contributed by atoms with van der Waals surface area (Å²) in [5.41, 5.74) is 1.69. The number of carbonyl (C=O) groups excluding carboxylic acids is 1. The molecule has 0 radical (unpaired) electrons. The van der Waals surface area contributed by atoms with E-state index in [4.69, 9.17) is 9.84 Å². The minimum absolute atomic E-state index is 0.00849. The zero-order chi connectivity index (χ0) is 16.7. The fourth-order valence-corrected chi connectivity index (χ4v) is 2.72. The first-order chi connectivity index (χ1) is 11.0. The molecule has 126 valence electrons. The van der Waals surface area contributed by atoms with Gasteiger partial charge in [-0.05, 0) is 49.8 Å². The third-order valence-corrected chi connectivity index (χ3v) is 4.17. The van der Waals surface area contributed by atoms with Crippen LogP contribution in [-0.2, 0) is 20.7 Å². The molecule has 1 aliphatic rings. The molecule has 0 bridgehead atoms. The minimum Gasteiger partial charge on any atom is -0.481 e. The van der Waals surface area contributed by atoms with Gasteiger partial charge >= 0.3 is 5.97 Å². The zero-order valence-electron chi connectivity index (χ0n) is 13.6. The highest BCUT2D eigenvalue weighted by Gasteiger charge is 2.15. The van der Waals surface area contributed by atoms with Gasteiger partial charge in [0.25, 0.3) is 0 Å². The molecule has 2 atom stereocenters. The molecule has 1 aliphatic heterocycles. The van der Waals surface area contributed by atoms with Gasteiger partial charge in [-0.3, -0.25) is 9.59 Å². The Kier molecular flexibility index (Phi) is 6.59. The van der Waals surface area contributed by atoms with Crippen LogP contribution in [0.25, 0.3) is 0 Å². The van der Waals surface area contributed by atoms with E-state index < -0.39 is 11.9 Å². The van der Waals surface area contributed by atoms with Gasteiger partial charge in [0, 0.05) is 18.7 Å². The van der Waals surface area contributed by atoms with Crippen molar-refractivity contribution >= 4 is 17.6 Å². The van der Waals surface area contributed by atoms with E-state index in [1.807, 2.05) is 24.3 Å². The second-order valence-corrected chi connectivity index (χ2v) is 6.22. The number of hydrogen-bond acceptors (Lipinski definition) is 3. The molecule has 1 aromatic rings. The first-order valence-electron chi connectivity index (χ1n) is 8.28. The van der Waals surface area contributed by atoms with E-state index >= 15 is 0 Å². The molecule has 0 aromatic heterocycles. The van der Waals surface area contributed by atoms with E-state index in [0.29, 0.717) is 12.8 Å². The van der Waals surface area contributed by atoms with Crippen LogP contribution in [0.4, 0.5) is 5.69 Å². The molecular formula is C18H25NO4. The van der Waals surface area contributed by atoms with Gasteiger partial charge < -0.3 is 15.2 Å². The van der Waals surface area contributed by atoms with E-state index in [0.717, 1.165) is 37.1 Å². The Balaban J connectivity index is 1.76. The van der Waals surface area contributed by atoms with Gasteiger partial charge in [-0.15, -0.1) is 0 Å². The predicted octanol–water partition coefficient (Wildman–Crippen LogP) is 3.24. The molecule has 5 heteroatoms. The number of aliphatic carboxylic acids is 1. The van der Waals surface area contributed by atoms with Crippen molar-refractivity contribution in [2.45, 2.75) is 51.6 Å². The number of benzene rings is 1. The first-order valence-corrected chi connectivity index (χ1v) is 8.28. The molecule has 5 nitrogen and oxygen atoms in total. The number of hydrogen-bond donors (Lipinski definition) is 2. The Bertz CT molecular complexity index is 520. The van der Waals surface area contributed by atoms with Gasteiger partial charge in [0.1, 0.15) is 0 Å². The maximum Gasteiger partial charge on any atom is 0.306 e. The zero-order valence-corrected chi connectivity index (χ0v) is 13.6. The van der Waals surface area contributed by atoms with E-state index in [2.05, 4.69) is 5.32 Å². The third-order valence-electron chi connectivity index (χ3n) is 4.17. The third kappa shape index (κ3) is 6.02. The summed E-state index contributed by atoms with van der Waals surface area (Å²) in [6.07, 6.45) is 5.28. The van der Waals surface area contributed by atoms with Crippen molar-refractivity contribution in [3.8, 4) is 0 Å². The van der Waals surface area contributed by atoms with Crippen LogP contribution in [0.5, 0.6) is 0 Å². The maximum atomic E-state index is 12.0. The fourth-order valence-electron chi connectivity index (χ4n) is 2.72. The topological polar surface area (TPSA) is 75.6 Å². The summed E-state index contributed by atoms with van der Waals surface area (Å²) < 4.78 is 5.62. The molecule has 23 heavy (non-hydrogen) atoms. The molecule has 0 spiro atoms. The summed E-state index contributed by atoms with van der Waals surface area (Å²) in [4.78, 5) is 22.8. The predicted molar refractivity (Wildman–Crippen MR) is 88.4 cm³/mol. The van der Waals surface area contributed by atoms with Crippen molar-refractivity contribution in [1.29, 1.82) is 0 Å². The van der Waals surface area contributed by atoms with Gasteiger partial charge in [0.05, 0.1) is 12.0 Å².